The lowest BCUT2D eigenvalue weighted by molar-refractivity contribution is -0.113. The van der Waals surface area contributed by atoms with E-state index in [2.05, 4.69) is 15.5 Å². The third-order valence-electron chi connectivity index (χ3n) is 4.35. The zero-order chi connectivity index (χ0) is 22.2. The van der Waals surface area contributed by atoms with Gasteiger partial charge < -0.3 is 19.4 Å². The zero-order valence-electron chi connectivity index (χ0n) is 17.7. The highest BCUT2D eigenvalue weighted by Crippen LogP contribution is 2.29. The highest BCUT2D eigenvalue weighted by Gasteiger charge is 2.20. The normalized spacial score (nSPS) is 11.7. The van der Waals surface area contributed by atoms with Gasteiger partial charge in [0.25, 0.3) is 0 Å². The Kier molecular flexibility index (Phi) is 8.20. The Morgan fingerprint density at radius 3 is 2.58 bits per heavy atom. The van der Waals surface area contributed by atoms with Crippen molar-refractivity contribution >= 4 is 35.0 Å². The number of thioether (sulfide) groups is 1. The van der Waals surface area contributed by atoms with Crippen LogP contribution in [0.15, 0.2) is 53.7 Å². The summed E-state index contributed by atoms with van der Waals surface area (Å²) in [6, 6.07) is 14.6. The predicted molar refractivity (Wildman–Crippen MR) is 123 cm³/mol. The molecule has 31 heavy (non-hydrogen) atoms. The lowest BCUT2D eigenvalue weighted by Gasteiger charge is -2.16. The number of nitrogens with one attached hydrogen (secondary N) is 1. The van der Waals surface area contributed by atoms with Gasteiger partial charge in [-0.05, 0) is 57.2 Å². The molecule has 3 rings (SSSR count). The maximum atomic E-state index is 12.4. The first-order valence-electron chi connectivity index (χ1n) is 10.0. The van der Waals surface area contributed by atoms with Gasteiger partial charge in [0.2, 0.25) is 5.91 Å². The largest absolute Gasteiger partial charge is 0.494 e. The van der Waals surface area contributed by atoms with E-state index < -0.39 is 0 Å². The Labute approximate surface area is 191 Å². The van der Waals surface area contributed by atoms with Crippen LogP contribution in [0.4, 0.5) is 5.69 Å². The molecule has 1 unspecified atom stereocenters. The van der Waals surface area contributed by atoms with Crippen molar-refractivity contribution in [2.75, 3.05) is 17.7 Å². The predicted octanol–water partition coefficient (Wildman–Crippen LogP) is 5.22. The summed E-state index contributed by atoms with van der Waals surface area (Å²) in [6.45, 7) is 7.08. The first-order chi connectivity index (χ1) is 15.0. The van der Waals surface area contributed by atoms with E-state index in [1.807, 2.05) is 67.8 Å². The van der Waals surface area contributed by atoms with Crippen molar-refractivity contribution in [3.05, 3.63) is 59.4 Å². The fourth-order valence-corrected chi connectivity index (χ4v) is 3.91. The number of benzene rings is 2. The van der Waals surface area contributed by atoms with Crippen LogP contribution < -0.4 is 14.8 Å². The number of rotatable bonds is 10. The Morgan fingerprint density at radius 2 is 1.90 bits per heavy atom. The molecule has 7 nitrogen and oxygen atoms in total. The van der Waals surface area contributed by atoms with E-state index in [1.54, 1.807) is 6.07 Å². The molecule has 2 aromatic carbocycles. The van der Waals surface area contributed by atoms with E-state index in [0.717, 1.165) is 5.75 Å². The summed E-state index contributed by atoms with van der Waals surface area (Å²) in [6.07, 6.45) is -0.348. The standard InChI is InChI=1S/C22H25ClN4O3S/c1-4-27-21(15(3)30-19-9-7-6-8-18(19)23)25-26-22(27)31-14-20(28)24-16-10-12-17(13-11-16)29-5-2/h6-13,15H,4-5,14H2,1-3H3,(H,24,28). The molecular weight excluding hydrogens is 436 g/mol. The quantitative estimate of drug-likeness (QED) is 0.418. The molecule has 164 valence electrons. The molecule has 1 N–H and O–H groups in total. The third-order valence-corrected chi connectivity index (χ3v) is 5.63. The molecule has 0 saturated heterocycles. The van der Waals surface area contributed by atoms with Crippen LogP contribution in [0.1, 0.15) is 32.7 Å². The number of amides is 1. The summed E-state index contributed by atoms with van der Waals surface area (Å²) in [5.41, 5.74) is 0.716. The molecule has 0 spiro atoms. The van der Waals surface area contributed by atoms with Crippen molar-refractivity contribution in [1.29, 1.82) is 0 Å². The van der Waals surface area contributed by atoms with Gasteiger partial charge in [-0.25, -0.2) is 0 Å². The number of hydrogen-bond acceptors (Lipinski definition) is 6. The second kappa shape index (κ2) is 11.1. The molecule has 0 radical (unpaired) electrons. The van der Waals surface area contributed by atoms with Crippen molar-refractivity contribution in [3.63, 3.8) is 0 Å². The van der Waals surface area contributed by atoms with Gasteiger partial charge in [0.05, 0.1) is 17.4 Å². The summed E-state index contributed by atoms with van der Waals surface area (Å²) in [5.74, 6) is 2.13. The van der Waals surface area contributed by atoms with Gasteiger partial charge in [-0.15, -0.1) is 10.2 Å². The van der Waals surface area contributed by atoms with Crippen molar-refractivity contribution < 1.29 is 14.3 Å². The number of aromatic nitrogens is 3. The summed E-state index contributed by atoms with van der Waals surface area (Å²) in [5, 5.41) is 12.6. The summed E-state index contributed by atoms with van der Waals surface area (Å²) >= 11 is 7.52. The van der Waals surface area contributed by atoms with Crippen LogP contribution in [0.25, 0.3) is 0 Å². The molecule has 1 atom stereocenters. The maximum absolute atomic E-state index is 12.4. The molecule has 0 aliphatic carbocycles. The number of para-hydroxylation sites is 1. The average molecular weight is 461 g/mol. The summed E-state index contributed by atoms with van der Waals surface area (Å²) in [4.78, 5) is 12.4. The van der Waals surface area contributed by atoms with Crippen LogP contribution in [0.5, 0.6) is 11.5 Å². The van der Waals surface area contributed by atoms with Crippen LogP contribution in [0.2, 0.25) is 5.02 Å². The number of nitrogens with zero attached hydrogens (tertiary/aromatic N) is 3. The number of carbonyl (C=O) groups excluding carboxylic acids is 1. The molecular formula is C22H25ClN4O3S. The van der Waals surface area contributed by atoms with Crippen LogP contribution in [0, 0.1) is 0 Å². The van der Waals surface area contributed by atoms with E-state index in [9.17, 15) is 4.79 Å². The van der Waals surface area contributed by atoms with Crippen molar-refractivity contribution in [2.45, 2.75) is 38.6 Å². The Balaban J connectivity index is 1.60. The molecule has 3 aromatic rings. The van der Waals surface area contributed by atoms with Crippen LogP contribution in [-0.4, -0.2) is 33.0 Å². The highest BCUT2D eigenvalue weighted by atomic mass is 35.5. The minimum Gasteiger partial charge on any atom is -0.494 e. The molecule has 1 amide bonds. The molecule has 1 heterocycles. The van der Waals surface area contributed by atoms with Gasteiger partial charge in [0, 0.05) is 12.2 Å². The summed E-state index contributed by atoms with van der Waals surface area (Å²) < 4.78 is 13.3. The lowest BCUT2D eigenvalue weighted by atomic mass is 10.3. The van der Waals surface area contributed by atoms with E-state index in [0.29, 0.717) is 40.6 Å². The second-order valence-corrected chi connectivity index (χ2v) is 7.92. The lowest BCUT2D eigenvalue weighted by Crippen LogP contribution is -2.15. The molecule has 0 fully saturated rings. The molecule has 0 bridgehead atoms. The van der Waals surface area contributed by atoms with E-state index in [-0.39, 0.29) is 17.8 Å². The fourth-order valence-electron chi connectivity index (χ4n) is 2.92. The first-order valence-corrected chi connectivity index (χ1v) is 11.4. The second-order valence-electron chi connectivity index (χ2n) is 6.57. The van der Waals surface area contributed by atoms with Crippen LogP contribution in [-0.2, 0) is 11.3 Å². The SMILES string of the molecule is CCOc1ccc(NC(=O)CSc2nnc(C(C)Oc3ccccc3Cl)n2CC)cc1. The van der Waals surface area contributed by atoms with Crippen molar-refractivity contribution in [2.24, 2.45) is 0 Å². The number of hydrogen-bond donors (Lipinski definition) is 1. The monoisotopic (exact) mass is 460 g/mol. The first kappa shape index (κ1) is 23.0. The van der Waals surface area contributed by atoms with Gasteiger partial charge in [-0.2, -0.15) is 0 Å². The molecule has 1 aromatic heterocycles. The molecule has 0 saturated carbocycles. The van der Waals surface area contributed by atoms with Crippen LogP contribution >= 0.6 is 23.4 Å². The van der Waals surface area contributed by atoms with E-state index in [4.69, 9.17) is 21.1 Å². The number of ether oxygens (including phenoxy) is 2. The highest BCUT2D eigenvalue weighted by molar-refractivity contribution is 7.99. The van der Waals surface area contributed by atoms with Crippen LogP contribution in [0.3, 0.4) is 0 Å². The van der Waals surface area contributed by atoms with Gasteiger partial charge in [0.1, 0.15) is 11.5 Å². The molecule has 0 aliphatic rings. The maximum Gasteiger partial charge on any atom is 0.234 e. The Hall–Kier alpha value is -2.71. The van der Waals surface area contributed by atoms with E-state index in [1.165, 1.54) is 11.8 Å². The molecule has 0 aliphatic heterocycles. The zero-order valence-corrected chi connectivity index (χ0v) is 19.2. The number of carbonyl (C=O) groups is 1. The smallest absolute Gasteiger partial charge is 0.234 e. The number of anilines is 1. The van der Waals surface area contributed by atoms with Gasteiger partial charge in [-0.1, -0.05) is 35.5 Å². The topological polar surface area (TPSA) is 78.3 Å². The molecule has 9 heteroatoms. The average Bonchev–Trinajstić information content (AvgIpc) is 3.18. The van der Waals surface area contributed by atoms with E-state index >= 15 is 0 Å². The minimum atomic E-state index is -0.348. The van der Waals surface area contributed by atoms with Gasteiger partial charge in [-0.3, -0.25) is 4.79 Å². The van der Waals surface area contributed by atoms with Crippen molar-refractivity contribution in [1.82, 2.24) is 14.8 Å². The fraction of sp³-hybridized carbons (Fsp3) is 0.318. The number of halogens is 1. The summed E-state index contributed by atoms with van der Waals surface area (Å²) in [7, 11) is 0. The third kappa shape index (κ3) is 6.15. The van der Waals surface area contributed by atoms with Gasteiger partial charge in [0.15, 0.2) is 17.1 Å². The van der Waals surface area contributed by atoms with Gasteiger partial charge >= 0.3 is 0 Å². The van der Waals surface area contributed by atoms with Crippen molar-refractivity contribution in [3.8, 4) is 11.5 Å². The minimum absolute atomic E-state index is 0.123. The Morgan fingerprint density at radius 1 is 1.16 bits per heavy atom. The Bertz CT molecular complexity index is 1010.